The zero-order valence-corrected chi connectivity index (χ0v) is 20.1. The van der Waals surface area contributed by atoms with E-state index in [9.17, 15) is 9.59 Å². The molecular weight excluding hydrogens is 426 g/mol. The lowest BCUT2D eigenvalue weighted by molar-refractivity contribution is -0.118. The molecule has 0 radical (unpaired) electrons. The number of methoxy groups -OCH3 is 2. The minimum absolute atomic E-state index is 0.0318. The first-order chi connectivity index (χ1) is 15.1. The summed E-state index contributed by atoms with van der Waals surface area (Å²) >= 11 is 1.49. The van der Waals surface area contributed by atoms with E-state index in [0.29, 0.717) is 52.0 Å². The number of carbonyl (C=O) groups is 1. The monoisotopic (exact) mass is 455 g/mol. The van der Waals surface area contributed by atoms with Gasteiger partial charge in [-0.15, -0.1) is 0 Å². The van der Waals surface area contributed by atoms with E-state index in [-0.39, 0.29) is 22.0 Å². The largest absolute Gasteiger partial charge is 0.493 e. The van der Waals surface area contributed by atoms with Crippen LogP contribution < -0.4 is 20.3 Å². The number of ether oxygens (including phenoxy) is 2. The lowest BCUT2D eigenvalue weighted by Gasteiger charge is -2.39. The maximum absolute atomic E-state index is 13.4. The number of H-pyrrole nitrogens is 1. The second-order valence-electron chi connectivity index (χ2n) is 9.27. The minimum atomic E-state index is -0.593. The summed E-state index contributed by atoms with van der Waals surface area (Å²) in [5, 5.41) is 4.16. The molecule has 32 heavy (non-hydrogen) atoms. The molecule has 0 amide bonds. The van der Waals surface area contributed by atoms with Crippen LogP contribution in [-0.4, -0.2) is 35.2 Å². The SMILES string of the molecule is COc1cccc(C2C3=C(CC(C)(C)CC3=O)Nc3nc(SC(C)C)[nH]c(=O)c32)c1OC. The lowest BCUT2D eigenvalue weighted by atomic mass is 9.69. The Kier molecular flexibility index (Phi) is 5.83. The predicted molar refractivity (Wildman–Crippen MR) is 126 cm³/mol. The van der Waals surface area contributed by atoms with Crippen molar-refractivity contribution < 1.29 is 14.3 Å². The van der Waals surface area contributed by atoms with Crippen LogP contribution in [0.1, 0.15) is 57.6 Å². The zero-order valence-electron chi connectivity index (χ0n) is 19.3. The number of thioether (sulfide) groups is 1. The van der Waals surface area contributed by atoms with E-state index in [1.54, 1.807) is 20.3 Å². The van der Waals surface area contributed by atoms with E-state index in [0.717, 1.165) is 5.70 Å². The van der Waals surface area contributed by atoms with Crippen LogP contribution in [-0.2, 0) is 4.79 Å². The van der Waals surface area contributed by atoms with Crippen LogP contribution in [0.2, 0.25) is 0 Å². The summed E-state index contributed by atoms with van der Waals surface area (Å²) in [6, 6.07) is 5.53. The number of Topliss-reactive ketones (excluding diaryl/α,β-unsaturated/α-hetero) is 1. The fraction of sp³-hybridized carbons (Fsp3) is 0.458. The van der Waals surface area contributed by atoms with Crippen molar-refractivity contribution in [1.82, 2.24) is 9.97 Å². The van der Waals surface area contributed by atoms with Crippen molar-refractivity contribution in [1.29, 1.82) is 0 Å². The van der Waals surface area contributed by atoms with Crippen molar-refractivity contribution in [2.45, 2.75) is 56.9 Å². The first-order valence-corrected chi connectivity index (χ1v) is 11.6. The highest BCUT2D eigenvalue weighted by atomic mass is 32.2. The molecule has 1 aliphatic heterocycles. The number of nitrogens with zero attached hydrogens (tertiary/aromatic N) is 1. The number of para-hydroxylation sites is 1. The molecule has 1 aromatic heterocycles. The molecule has 170 valence electrons. The number of anilines is 1. The lowest BCUT2D eigenvalue weighted by Crippen LogP contribution is -2.37. The van der Waals surface area contributed by atoms with E-state index >= 15 is 0 Å². The number of hydrogen-bond donors (Lipinski definition) is 2. The number of benzene rings is 1. The van der Waals surface area contributed by atoms with Gasteiger partial charge in [-0.1, -0.05) is 51.6 Å². The Morgan fingerprint density at radius 3 is 2.56 bits per heavy atom. The number of ketones is 1. The van der Waals surface area contributed by atoms with Gasteiger partial charge in [0, 0.05) is 28.5 Å². The van der Waals surface area contributed by atoms with Gasteiger partial charge in [-0.3, -0.25) is 9.59 Å². The third-order valence-corrected chi connectivity index (χ3v) is 6.68. The van der Waals surface area contributed by atoms with Crippen molar-refractivity contribution >= 4 is 23.4 Å². The van der Waals surface area contributed by atoms with Crippen LogP contribution in [0.5, 0.6) is 11.5 Å². The molecule has 7 nitrogen and oxygen atoms in total. The van der Waals surface area contributed by atoms with Gasteiger partial charge in [0.2, 0.25) is 0 Å². The number of nitrogens with one attached hydrogen (secondary N) is 2. The van der Waals surface area contributed by atoms with Crippen molar-refractivity contribution in [3.8, 4) is 11.5 Å². The van der Waals surface area contributed by atoms with Crippen LogP contribution in [0, 0.1) is 5.41 Å². The van der Waals surface area contributed by atoms with E-state index in [2.05, 4.69) is 24.1 Å². The Morgan fingerprint density at radius 2 is 1.91 bits per heavy atom. The van der Waals surface area contributed by atoms with Gasteiger partial charge in [-0.25, -0.2) is 4.98 Å². The molecule has 0 saturated carbocycles. The Hall–Kier alpha value is -2.74. The molecule has 1 aromatic carbocycles. The molecule has 0 spiro atoms. The van der Waals surface area contributed by atoms with Crippen molar-refractivity contribution in [2.24, 2.45) is 5.41 Å². The third kappa shape index (κ3) is 3.92. The van der Waals surface area contributed by atoms with Gasteiger partial charge in [0.25, 0.3) is 5.56 Å². The molecule has 2 aromatic rings. The fourth-order valence-corrected chi connectivity index (χ4v) is 5.36. The van der Waals surface area contributed by atoms with Gasteiger partial charge >= 0.3 is 0 Å². The molecular formula is C24H29N3O4S. The summed E-state index contributed by atoms with van der Waals surface area (Å²) in [6.07, 6.45) is 1.11. The first kappa shape index (κ1) is 22.5. The number of aromatic amines is 1. The van der Waals surface area contributed by atoms with Gasteiger partial charge in [-0.05, 0) is 17.9 Å². The Labute approximate surface area is 192 Å². The maximum Gasteiger partial charge on any atom is 0.257 e. The van der Waals surface area contributed by atoms with E-state index in [1.165, 1.54) is 11.8 Å². The highest BCUT2D eigenvalue weighted by Gasteiger charge is 2.43. The number of hydrogen-bond acceptors (Lipinski definition) is 7. The average molecular weight is 456 g/mol. The van der Waals surface area contributed by atoms with Crippen molar-refractivity contribution in [2.75, 3.05) is 19.5 Å². The smallest absolute Gasteiger partial charge is 0.257 e. The Morgan fingerprint density at radius 1 is 1.16 bits per heavy atom. The van der Waals surface area contributed by atoms with Crippen LogP contribution in [0.15, 0.2) is 39.4 Å². The van der Waals surface area contributed by atoms with Crippen LogP contribution >= 0.6 is 11.8 Å². The number of aromatic nitrogens is 2. The van der Waals surface area contributed by atoms with Crippen LogP contribution in [0.4, 0.5) is 5.82 Å². The summed E-state index contributed by atoms with van der Waals surface area (Å²) in [6.45, 7) is 8.26. The topological polar surface area (TPSA) is 93.3 Å². The second kappa shape index (κ2) is 8.31. The number of fused-ring (bicyclic) bond motifs is 1. The molecule has 1 atom stereocenters. The summed E-state index contributed by atoms with van der Waals surface area (Å²) in [5.74, 6) is 0.995. The molecule has 2 heterocycles. The van der Waals surface area contributed by atoms with Gasteiger partial charge < -0.3 is 19.8 Å². The van der Waals surface area contributed by atoms with E-state index in [1.807, 2.05) is 26.0 Å². The average Bonchev–Trinajstić information content (AvgIpc) is 2.70. The zero-order chi connectivity index (χ0) is 23.2. The standard InChI is InChI=1S/C24H29N3O4S/c1-12(2)32-23-26-21-19(22(29)27-23)17(13-8-7-9-16(30-5)20(13)31-6)18-14(25-21)10-24(3,4)11-15(18)28/h7-9,12,17H,10-11H2,1-6H3,(H2,25,26,27,29). The molecule has 8 heteroatoms. The predicted octanol–water partition coefficient (Wildman–Crippen LogP) is 4.49. The minimum Gasteiger partial charge on any atom is -0.493 e. The molecule has 0 bridgehead atoms. The van der Waals surface area contributed by atoms with Gasteiger partial charge in [0.1, 0.15) is 5.82 Å². The van der Waals surface area contributed by atoms with E-state index in [4.69, 9.17) is 14.5 Å². The Bertz CT molecular complexity index is 1170. The van der Waals surface area contributed by atoms with Gasteiger partial charge in [0.05, 0.1) is 25.7 Å². The Balaban J connectivity index is 2.00. The number of allylic oxidation sites excluding steroid dienone is 2. The molecule has 0 fully saturated rings. The molecule has 4 rings (SSSR count). The van der Waals surface area contributed by atoms with Crippen molar-refractivity contribution in [3.05, 3.63) is 50.9 Å². The second-order valence-corrected chi connectivity index (χ2v) is 10.8. The summed E-state index contributed by atoms with van der Waals surface area (Å²) in [5.41, 5.74) is 2.14. The van der Waals surface area contributed by atoms with Crippen LogP contribution in [0.25, 0.3) is 0 Å². The normalized spacial score (nSPS) is 19.3. The molecule has 2 aliphatic rings. The summed E-state index contributed by atoms with van der Waals surface area (Å²) in [4.78, 5) is 34.4. The van der Waals surface area contributed by atoms with Gasteiger partial charge in [-0.2, -0.15) is 0 Å². The summed E-state index contributed by atoms with van der Waals surface area (Å²) in [7, 11) is 3.13. The number of rotatable bonds is 5. The maximum atomic E-state index is 13.4. The molecule has 0 saturated heterocycles. The molecule has 2 N–H and O–H groups in total. The van der Waals surface area contributed by atoms with Crippen LogP contribution in [0.3, 0.4) is 0 Å². The molecule has 1 aliphatic carbocycles. The highest BCUT2D eigenvalue weighted by Crippen LogP contribution is 2.50. The van der Waals surface area contributed by atoms with E-state index < -0.39 is 5.92 Å². The fourth-order valence-electron chi connectivity index (χ4n) is 4.62. The molecule has 1 unspecified atom stereocenters. The first-order valence-electron chi connectivity index (χ1n) is 10.7. The van der Waals surface area contributed by atoms with Crippen molar-refractivity contribution in [3.63, 3.8) is 0 Å². The number of carbonyl (C=O) groups excluding carboxylic acids is 1. The van der Waals surface area contributed by atoms with Gasteiger partial charge in [0.15, 0.2) is 22.4 Å². The highest BCUT2D eigenvalue weighted by molar-refractivity contribution is 7.99. The summed E-state index contributed by atoms with van der Waals surface area (Å²) < 4.78 is 11.2. The quantitative estimate of drug-likeness (QED) is 0.507. The third-order valence-electron chi connectivity index (χ3n) is 5.79.